The van der Waals surface area contributed by atoms with E-state index in [4.69, 9.17) is 10.4 Å². The van der Waals surface area contributed by atoms with Gasteiger partial charge in [0.1, 0.15) is 11.9 Å². The molecule has 0 aliphatic heterocycles. The molecule has 0 bridgehead atoms. The highest BCUT2D eigenvalue weighted by Crippen LogP contribution is 2.21. The summed E-state index contributed by atoms with van der Waals surface area (Å²) in [6, 6.07) is 10.5. The second-order valence-corrected chi connectivity index (χ2v) is 4.42. The molecule has 5 heteroatoms. The van der Waals surface area contributed by atoms with Crippen LogP contribution in [0.15, 0.2) is 30.3 Å². The molecule has 0 spiro atoms. The third kappa shape index (κ3) is 2.75. The fraction of sp³-hybridized carbons (Fsp3) is 0.133. The summed E-state index contributed by atoms with van der Waals surface area (Å²) in [6.07, 6.45) is 0. The van der Waals surface area contributed by atoms with Gasteiger partial charge in [-0.15, -0.1) is 0 Å². The monoisotopic (exact) mass is 267 g/mol. The number of hydrogen-bond donors (Lipinski definition) is 2. The molecule has 0 aliphatic rings. The first-order chi connectivity index (χ1) is 9.51. The van der Waals surface area contributed by atoms with Crippen molar-refractivity contribution in [3.8, 4) is 6.07 Å². The normalized spacial score (nSPS) is 9.85. The van der Waals surface area contributed by atoms with Crippen LogP contribution in [-0.2, 0) is 0 Å². The van der Waals surface area contributed by atoms with Gasteiger partial charge in [-0.05, 0) is 43.7 Å². The maximum atomic E-state index is 11.1. The topological polar surface area (TPSA) is 86.0 Å². The number of carboxylic acid groups (broad SMARTS) is 1. The molecule has 0 saturated heterocycles. The lowest BCUT2D eigenvalue weighted by Gasteiger charge is -2.10. The van der Waals surface area contributed by atoms with Crippen LogP contribution in [0.5, 0.6) is 0 Å². The summed E-state index contributed by atoms with van der Waals surface area (Å²) in [7, 11) is 0. The molecule has 1 aromatic carbocycles. The predicted octanol–water partition coefficient (Wildman–Crippen LogP) is 3.01. The molecule has 2 rings (SSSR count). The van der Waals surface area contributed by atoms with Gasteiger partial charge in [-0.1, -0.05) is 6.07 Å². The highest BCUT2D eigenvalue weighted by atomic mass is 16.4. The van der Waals surface area contributed by atoms with Crippen LogP contribution < -0.4 is 5.32 Å². The summed E-state index contributed by atoms with van der Waals surface area (Å²) in [5.74, 6) is -0.559. The summed E-state index contributed by atoms with van der Waals surface area (Å²) < 4.78 is 0. The summed E-state index contributed by atoms with van der Waals surface area (Å²) in [5.41, 5.74) is 2.68. The van der Waals surface area contributed by atoms with Crippen LogP contribution in [0.2, 0.25) is 0 Å². The molecular formula is C15H13N3O2. The Bertz CT molecular complexity index is 718. The largest absolute Gasteiger partial charge is 0.478 e. The Hall–Kier alpha value is -2.87. The summed E-state index contributed by atoms with van der Waals surface area (Å²) in [6.45, 7) is 3.56. The van der Waals surface area contributed by atoms with Crippen molar-refractivity contribution in [2.75, 3.05) is 5.32 Å². The van der Waals surface area contributed by atoms with Gasteiger partial charge in [0.25, 0.3) is 0 Å². The quantitative estimate of drug-likeness (QED) is 0.892. The predicted molar refractivity (Wildman–Crippen MR) is 75.1 cm³/mol. The highest BCUT2D eigenvalue weighted by Gasteiger charge is 2.10. The maximum Gasteiger partial charge on any atom is 0.336 e. The molecule has 0 amide bonds. The minimum atomic E-state index is -0.983. The van der Waals surface area contributed by atoms with Gasteiger partial charge in [-0.25, -0.2) is 9.78 Å². The zero-order chi connectivity index (χ0) is 14.7. The number of aromatic carboxylic acids is 1. The molecule has 2 N–H and O–H groups in total. The molecular weight excluding hydrogens is 254 g/mol. The van der Waals surface area contributed by atoms with Crippen LogP contribution >= 0.6 is 0 Å². The number of aromatic nitrogens is 1. The summed E-state index contributed by atoms with van der Waals surface area (Å²) in [5, 5.41) is 21.1. The maximum absolute atomic E-state index is 11.1. The SMILES string of the molecule is Cc1ccc(C#N)c(Nc2ccc(C)c(C(=O)O)c2)n1. The zero-order valence-electron chi connectivity index (χ0n) is 11.1. The van der Waals surface area contributed by atoms with E-state index in [2.05, 4.69) is 16.4 Å². The van der Waals surface area contributed by atoms with Crippen LogP contribution in [0.3, 0.4) is 0 Å². The van der Waals surface area contributed by atoms with Crippen molar-refractivity contribution in [2.24, 2.45) is 0 Å². The average Bonchev–Trinajstić information content (AvgIpc) is 2.41. The van der Waals surface area contributed by atoms with Crippen LogP contribution in [-0.4, -0.2) is 16.1 Å². The lowest BCUT2D eigenvalue weighted by Crippen LogP contribution is -2.03. The fourth-order valence-corrected chi connectivity index (χ4v) is 1.81. The molecule has 0 fully saturated rings. The van der Waals surface area contributed by atoms with Gasteiger partial charge < -0.3 is 10.4 Å². The number of nitrogens with one attached hydrogen (secondary N) is 1. The molecule has 1 aromatic heterocycles. The Morgan fingerprint density at radius 2 is 2.05 bits per heavy atom. The van der Waals surface area contributed by atoms with E-state index in [0.29, 0.717) is 22.6 Å². The minimum Gasteiger partial charge on any atom is -0.478 e. The van der Waals surface area contributed by atoms with Crippen molar-refractivity contribution in [2.45, 2.75) is 13.8 Å². The number of aryl methyl sites for hydroxylation is 2. The molecule has 1 heterocycles. The molecule has 5 nitrogen and oxygen atoms in total. The number of pyridine rings is 1. The number of nitrogens with zero attached hydrogens (tertiary/aromatic N) is 2. The fourth-order valence-electron chi connectivity index (χ4n) is 1.81. The van der Waals surface area contributed by atoms with Crippen LogP contribution in [0, 0.1) is 25.2 Å². The molecule has 0 saturated carbocycles. The molecule has 2 aromatic rings. The molecule has 100 valence electrons. The lowest BCUT2D eigenvalue weighted by molar-refractivity contribution is 0.0696. The number of hydrogen-bond acceptors (Lipinski definition) is 4. The van der Waals surface area contributed by atoms with Gasteiger partial charge in [0.05, 0.1) is 11.1 Å². The van der Waals surface area contributed by atoms with Gasteiger partial charge in [-0.2, -0.15) is 5.26 Å². The number of rotatable bonds is 3. The Labute approximate surface area is 116 Å². The van der Waals surface area contributed by atoms with Crippen molar-refractivity contribution in [3.05, 3.63) is 52.7 Å². The standard InChI is InChI=1S/C15H13N3O2/c1-9-3-6-12(7-13(9)15(19)20)18-14-11(8-16)5-4-10(2)17-14/h3-7H,1-2H3,(H,17,18)(H,19,20). The molecule has 0 aliphatic carbocycles. The van der Waals surface area contributed by atoms with Gasteiger partial charge in [0.2, 0.25) is 0 Å². The van der Waals surface area contributed by atoms with E-state index < -0.39 is 5.97 Å². The second-order valence-electron chi connectivity index (χ2n) is 4.42. The van der Waals surface area contributed by atoms with Gasteiger partial charge in [-0.3, -0.25) is 0 Å². The first-order valence-corrected chi connectivity index (χ1v) is 6.00. The number of carboxylic acids is 1. The van der Waals surface area contributed by atoms with Crippen molar-refractivity contribution in [1.29, 1.82) is 5.26 Å². The zero-order valence-corrected chi connectivity index (χ0v) is 11.1. The van der Waals surface area contributed by atoms with E-state index in [9.17, 15) is 4.79 Å². The van der Waals surface area contributed by atoms with Crippen LogP contribution in [0.4, 0.5) is 11.5 Å². The minimum absolute atomic E-state index is 0.223. The summed E-state index contributed by atoms with van der Waals surface area (Å²) in [4.78, 5) is 15.4. The Kier molecular flexibility index (Phi) is 3.67. The van der Waals surface area contributed by atoms with E-state index in [-0.39, 0.29) is 5.56 Å². The van der Waals surface area contributed by atoms with Gasteiger partial charge in [0.15, 0.2) is 0 Å². The third-order valence-corrected chi connectivity index (χ3v) is 2.89. The number of nitriles is 1. The first kappa shape index (κ1) is 13.6. The van der Waals surface area contributed by atoms with Crippen molar-refractivity contribution in [3.63, 3.8) is 0 Å². The van der Waals surface area contributed by atoms with E-state index in [1.165, 1.54) is 6.07 Å². The van der Waals surface area contributed by atoms with Gasteiger partial charge in [0, 0.05) is 11.4 Å². The highest BCUT2D eigenvalue weighted by molar-refractivity contribution is 5.90. The number of anilines is 2. The average molecular weight is 267 g/mol. The first-order valence-electron chi connectivity index (χ1n) is 6.00. The van der Waals surface area contributed by atoms with Crippen molar-refractivity contribution in [1.82, 2.24) is 4.98 Å². The van der Waals surface area contributed by atoms with Crippen molar-refractivity contribution >= 4 is 17.5 Å². The number of carbonyl (C=O) groups is 1. The second kappa shape index (κ2) is 5.41. The molecule has 0 unspecified atom stereocenters. The van der Waals surface area contributed by atoms with E-state index in [1.807, 2.05) is 6.92 Å². The summed E-state index contributed by atoms with van der Waals surface area (Å²) >= 11 is 0. The van der Waals surface area contributed by atoms with Crippen LogP contribution in [0.1, 0.15) is 27.2 Å². The Morgan fingerprint density at radius 1 is 1.30 bits per heavy atom. The molecule has 20 heavy (non-hydrogen) atoms. The molecule has 0 atom stereocenters. The van der Waals surface area contributed by atoms with E-state index in [1.54, 1.807) is 31.2 Å². The van der Waals surface area contributed by atoms with Crippen molar-refractivity contribution < 1.29 is 9.90 Å². The third-order valence-electron chi connectivity index (χ3n) is 2.89. The van der Waals surface area contributed by atoms with E-state index >= 15 is 0 Å². The number of benzene rings is 1. The molecule has 0 radical (unpaired) electrons. The Morgan fingerprint density at radius 3 is 2.70 bits per heavy atom. The lowest BCUT2D eigenvalue weighted by atomic mass is 10.1. The van der Waals surface area contributed by atoms with E-state index in [0.717, 1.165) is 5.69 Å². The van der Waals surface area contributed by atoms with Gasteiger partial charge >= 0.3 is 5.97 Å². The Balaban J connectivity index is 2.40. The van der Waals surface area contributed by atoms with Crippen LogP contribution in [0.25, 0.3) is 0 Å². The smallest absolute Gasteiger partial charge is 0.336 e.